The minimum absolute atomic E-state index is 0.246. The summed E-state index contributed by atoms with van der Waals surface area (Å²) >= 11 is 0. The van der Waals surface area contributed by atoms with E-state index in [1.807, 2.05) is 40.7 Å². The summed E-state index contributed by atoms with van der Waals surface area (Å²) in [5.41, 5.74) is 8.55. The Balaban J connectivity index is 2.10. The van der Waals surface area contributed by atoms with Gasteiger partial charge in [-0.05, 0) is 42.9 Å². The Morgan fingerprint density at radius 1 is 1.19 bits per heavy atom. The maximum Gasteiger partial charge on any atom is 0.155 e. The van der Waals surface area contributed by atoms with Crippen LogP contribution in [0.15, 0.2) is 48.7 Å². The molecule has 4 nitrogen and oxygen atoms in total. The minimum atomic E-state index is -0.246. The van der Waals surface area contributed by atoms with E-state index in [1.165, 1.54) is 12.1 Å². The molecule has 21 heavy (non-hydrogen) atoms. The van der Waals surface area contributed by atoms with E-state index in [4.69, 9.17) is 5.73 Å². The third kappa shape index (κ3) is 2.48. The van der Waals surface area contributed by atoms with Crippen LogP contribution >= 0.6 is 0 Å². The van der Waals surface area contributed by atoms with Gasteiger partial charge in [-0.2, -0.15) is 0 Å². The molecule has 2 heterocycles. The number of anilines is 2. The molecule has 0 saturated heterocycles. The SMILES string of the molecule is CN(c1ccc(F)cc1)c1nc2ccccn2c1CCN. The molecule has 0 amide bonds. The van der Waals surface area contributed by atoms with E-state index in [0.717, 1.165) is 29.3 Å². The number of rotatable bonds is 4. The van der Waals surface area contributed by atoms with Crippen molar-refractivity contribution in [3.05, 3.63) is 60.2 Å². The zero-order valence-corrected chi connectivity index (χ0v) is 11.8. The van der Waals surface area contributed by atoms with Gasteiger partial charge in [-0.3, -0.25) is 0 Å². The normalized spacial score (nSPS) is 11.0. The van der Waals surface area contributed by atoms with Crippen molar-refractivity contribution in [2.75, 3.05) is 18.5 Å². The summed E-state index contributed by atoms with van der Waals surface area (Å²) in [6, 6.07) is 12.3. The molecule has 0 aliphatic rings. The smallest absolute Gasteiger partial charge is 0.155 e. The van der Waals surface area contributed by atoms with E-state index in [0.29, 0.717) is 6.54 Å². The van der Waals surface area contributed by atoms with Crippen molar-refractivity contribution in [3.8, 4) is 0 Å². The van der Waals surface area contributed by atoms with Gasteiger partial charge in [-0.15, -0.1) is 0 Å². The summed E-state index contributed by atoms with van der Waals surface area (Å²) < 4.78 is 15.1. The van der Waals surface area contributed by atoms with Crippen LogP contribution in [0.5, 0.6) is 0 Å². The Hall–Kier alpha value is -2.40. The van der Waals surface area contributed by atoms with Gasteiger partial charge in [0.05, 0.1) is 5.69 Å². The molecule has 0 bridgehead atoms. The zero-order chi connectivity index (χ0) is 14.8. The molecule has 0 fully saturated rings. The molecular formula is C16H17FN4. The second-order valence-corrected chi connectivity index (χ2v) is 4.89. The first-order valence-corrected chi connectivity index (χ1v) is 6.86. The van der Waals surface area contributed by atoms with Crippen LogP contribution < -0.4 is 10.6 Å². The number of pyridine rings is 1. The molecule has 108 valence electrons. The first-order chi connectivity index (χ1) is 10.2. The Morgan fingerprint density at radius 2 is 1.95 bits per heavy atom. The molecule has 0 aliphatic carbocycles. The van der Waals surface area contributed by atoms with Gasteiger partial charge in [0.25, 0.3) is 0 Å². The molecule has 0 atom stereocenters. The second-order valence-electron chi connectivity index (χ2n) is 4.89. The van der Waals surface area contributed by atoms with Crippen LogP contribution in [0.3, 0.4) is 0 Å². The second kappa shape index (κ2) is 5.54. The lowest BCUT2D eigenvalue weighted by Crippen LogP contribution is -2.14. The minimum Gasteiger partial charge on any atom is -0.330 e. The highest BCUT2D eigenvalue weighted by Gasteiger charge is 2.16. The third-order valence-corrected chi connectivity index (χ3v) is 3.52. The van der Waals surface area contributed by atoms with E-state index in [2.05, 4.69) is 4.98 Å². The fraction of sp³-hybridized carbons (Fsp3) is 0.188. The number of benzene rings is 1. The number of imidazole rings is 1. The van der Waals surface area contributed by atoms with Gasteiger partial charge >= 0.3 is 0 Å². The topological polar surface area (TPSA) is 46.6 Å². The van der Waals surface area contributed by atoms with Gasteiger partial charge < -0.3 is 15.0 Å². The fourth-order valence-electron chi connectivity index (χ4n) is 2.46. The first kappa shape index (κ1) is 13.6. The summed E-state index contributed by atoms with van der Waals surface area (Å²) in [6.45, 7) is 0.549. The number of nitrogens with zero attached hydrogens (tertiary/aromatic N) is 3. The molecular weight excluding hydrogens is 267 g/mol. The molecule has 0 radical (unpaired) electrons. The Kier molecular flexibility index (Phi) is 3.58. The van der Waals surface area contributed by atoms with E-state index < -0.39 is 0 Å². The molecule has 0 aliphatic heterocycles. The van der Waals surface area contributed by atoms with Crippen LogP contribution in [-0.2, 0) is 6.42 Å². The van der Waals surface area contributed by atoms with Crippen molar-refractivity contribution in [1.29, 1.82) is 0 Å². The maximum atomic E-state index is 13.1. The van der Waals surface area contributed by atoms with Crippen molar-refractivity contribution in [1.82, 2.24) is 9.38 Å². The predicted octanol–water partition coefficient (Wildman–Crippen LogP) is 2.74. The van der Waals surface area contributed by atoms with Crippen molar-refractivity contribution in [2.45, 2.75) is 6.42 Å². The van der Waals surface area contributed by atoms with Crippen molar-refractivity contribution in [2.24, 2.45) is 5.73 Å². The van der Waals surface area contributed by atoms with Crippen LogP contribution in [0.4, 0.5) is 15.9 Å². The highest BCUT2D eigenvalue weighted by Crippen LogP contribution is 2.27. The van der Waals surface area contributed by atoms with Crippen LogP contribution in [0.25, 0.3) is 5.65 Å². The van der Waals surface area contributed by atoms with E-state index in [9.17, 15) is 4.39 Å². The number of hydrogen-bond donors (Lipinski definition) is 1. The Bertz CT molecular complexity index is 749. The monoisotopic (exact) mass is 284 g/mol. The molecule has 3 rings (SSSR count). The van der Waals surface area contributed by atoms with Gasteiger partial charge in [0.15, 0.2) is 5.82 Å². The quantitative estimate of drug-likeness (QED) is 0.801. The Morgan fingerprint density at radius 3 is 2.67 bits per heavy atom. The van der Waals surface area contributed by atoms with Crippen molar-refractivity contribution >= 4 is 17.2 Å². The standard InChI is InChI=1S/C16H17FN4/c1-20(13-7-5-12(17)6-8-13)16-14(9-10-18)21-11-3-2-4-15(21)19-16/h2-8,11H,9-10,18H2,1H3. The van der Waals surface area contributed by atoms with Gasteiger partial charge in [-0.1, -0.05) is 6.07 Å². The van der Waals surface area contributed by atoms with Crippen LogP contribution in [-0.4, -0.2) is 23.0 Å². The molecule has 0 spiro atoms. The lowest BCUT2D eigenvalue weighted by atomic mass is 10.2. The lowest BCUT2D eigenvalue weighted by molar-refractivity contribution is 0.628. The molecule has 0 unspecified atom stereocenters. The summed E-state index contributed by atoms with van der Waals surface area (Å²) in [5, 5.41) is 0. The number of nitrogens with two attached hydrogens (primary N) is 1. The summed E-state index contributed by atoms with van der Waals surface area (Å²) in [4.78, 5) is 6.63. The average Bonchev–Trinajstić information content (AvgIpc) is 2.87. The van der Waals surface area contributed by atoms with Gasteiger partial charge in [-0.25, -0.2) is 9.37 Å². The molecule has 1 aromatic carbocycles. The maximum absolute atomic E-state index is 13.1. The number of halogens is 1. The van der Waals surface area contributed by atoms with Crippen LogP contribution in [0.2, 0.25) is 0 Å². The predicted molar refractivity (Wildman–Crippen MR) is 82.4 cm³/mol. The molecule has 3 aromatic rings. The van der Waals surface area contributed by atoms with Crippen molar-refractivity contribution in [3.63, 3.8) is 0 Å². The van der Waals surface area contributed by atoms with Crippen molar-refractivity contribution < 1.29 is 4.39 Å². The molecule has 2 N–H and O–H groups in total. The largest absolute Gasteiger partial charge is 0.330 e. The van der Waals surface area contributed by atoms with Gasteiger partial charge in [0.1, 0.15) is 11.5 Å². The van der Waals surface area contributed by atoms with Gasteiger partial charge in [0.2, 0.25) is 0 Å². The average molecular weight is 284 g/mol. The van der Waals surface area contributed by atoms with E-state index in [-0.39, 0.29) is 5.82 Å². The zero-order valence-electron chi connectivity index (χ0n) is 11.8. The summed E-state index contributed by atoms with van der Waals surface area (Å²) in [6.07, 6.45) is 2.71. The Labute approximate surface area is 122 Å². The summed E-state index contributed by atoms with van der Waals surface area (Å²) in [5.74, 6) is 0.600. The van der Waals surface area contributed by atoms with E-state index >= 15 is 0 Å². The third-order valence-electron chi connectivity index (χ3n) is 3.52. The van der Waals surface area contributed by atoms with Crippen LogP contribution in [0, 0.1) is 5.82 Å². The van der Waals surface area contributed by atoms with Gasteiger partial charge in [0, 0.05) is 25.4 Å². The fourth-order valence-corrected chi connectivity index (χ4v) is 2.46. The summed E-state index contributed by atoms with van der Waals surface area (Å²) in [7, 11) is 1.93. The highest BCUT2D eigenvalue weighted by molar-refractivity contribution is 5.65. The lowest BCUT2D eigenvalue weighted by Gasteiger charge is -2.18. The number of fused-ring (bicyclic) bond motifs is 1. The van der Waals surface area contributed by atoms with Crippen LogP contribution in [0.1, 0.15) is 5.69 Å². The molecule has 5 heteroatoms. The molecule has 2 aromatic heterocycles. The number of hydrogen-bond acceptors (Lipinski definition) is 3. The first-order valence-electron chi connectivity index (χ1n) is 6.86. The molecule has 0 saturated carbocycles. The number of aromatic nitrogens is 2. The highest BCUT2D eigenvalue weighted by atomic mass is 19.1. The van der Waals surface area contributed by atoms with E-state index in [1.54, 1.807) is 12.1 Å².